The van der Waals surface area contributed by atoms with E-state index in [0.717, 1.165) is 22.4 Å². The predicted octanol–water partition coefficient (Wildman–Crippen LogP) is 2.20. The highest BCUT2D eigenvalue weighted by Gasteiger charge is 2.13. The van der Waals surface area contributed by atoms with Gasteiger partial charge in [0.05, 0.1) is 6.20 Å². The lowest BCUT2D eigenvalue weighted by Crippen LogP contribution is -2.22. The molecule has 0 spiro atoms. The minimum absolute atomic E-state index is 0.0676. The molecule has 1 N–H and O–H groups in total. The number of esters is 1. The monoisotopic (exact) mass is 299 g/mol. The summed E-state index contributed by atoms with van der Waals surface area (Å²) in [5.41, 5.74) is 3.86. The Morgan fingerprint density at radius 3 is 2.41 bits per heavy atom. The smallest absolute Gasteiger partial charge is 0.359 e. The first kappa shape index (κ1) is 15.6. The van der Waals surface area contributed by atoms with E-state index < -0.39 is 11.9 Å². The summed E-state index contributed by atoms with van der Waals surface area (Å²) in [6.45, 7) is 5.46. The SMILES string of the molecule is Cc1cc(C)c(NC(=O)COC(=O)c2cnccn2)c(C)c1. The number of aryl methyl sites for hydroxylation is 3. The minimum atomic E-state index is -0.680. The topological polar surface area (TPSA) is 81.2 Å². The number of aromatic nitrogens is 2. The second-order valence-corrected chi connectivity index (χ2v) is 4.99. The zero-order valence-corrected chi connectivity index (χ0v) is 12.7. The highest BCUT2D eigenvalue weighted by molar-refractivity contribution is 5.95. The fourth-order valence-electron chi connectivity index (χ4n) is 2.16. The molecule has 0 aliphatic heterocycles. The van der Waals surface area contributed by atoms with Gasteiger partial charge in [0.15, 0.2) is 12.3 Å². The Balaban J connectivity index is 1.95. The number of hydrogen-bond acceptors (Lipinski definition) is 5. The van der Waals surface area contributed by atoms with Gasteiger partial charge in [-0.15, -0.1) is 0 Å². The van der Waals surface area contributed by atoms with E-state index in [-0.39, 0.29) is 12.3 Å². The molecule has 6 heteroatoms. The van der Waals surface area contributed by atoms with Gasteiger partial charge in [0, 0.05) is 18.1 Å². The quantitative estimate of drug-likeness (QED) is 0.875. The van der Waals surface area contributed by atoms with Crippen LogP contribution in [0.25, 0.3) is 0 Å². The highest BCUT2D eigenvalue weighted by atomic mass is 16.5. The van der Waals surface area contributed by atoms with Gasteiger partial charge in [-0.3, -0.25) is 9.78 Å². The highest BCUT2D eigenvalue weighted by Crippen LogP contribution is 2.21. The summed E-state index contributed by atoms with van der Waals surface area (Å²) in [7, 11) is 0. The maximum atomic E-state index is 11.9. The normalized spacial score (nSPS) is 10.1. The van der Waals surface area contributed by atoms with Crippen LogP contribution in [0.4, 0.5) is 5.69 Å². The fourth-order valence-corrected chi connectivity index (χ4v) is 2.16. The molecule has 0 bridgehead atoms. The lowest BCUT2D eigenvalue weighted by molar-refractivity contribution is -0.119. The summed E-state index contributed by atoms with van der Waals surface area (Å²) in [6.07, 6.45) is 4.12. The summed E-state index contributed by atoms with van der Waals surface area (Å²) < 4.78 is 4.91. The molecule has 0 radical (unpaired) electrons. The van der Waals surface area contributed by atoms with Crippen LogP contribution < -0.4 is 5.32 Å². The Kier molecular flexibility index (Phi) is 4.83. The molecule has 1 aromatic heterocycles. The van der Waals surface area contributed by atoms with Crippen molar-refractivity contribution in [1.29, 1.82) is 0 Å². The van der Waals surface area contributed by atoms with E-state index in [1.165, 1.54) is 18.6 Å². The van der Waals surface area contributed by atoms with Gasteiger partial charge in [0.2, 0.25) is 0 Å². The first-order valence-corrected chi connectivity index (χ1v) is 6.78. The Labute approximate surface area is 128 Å². The van der Waals surface area contributed by atoms with Gasteiger partial charge >= 0.3 is 5.97 Å². The largest absolute Gasteiger partial charge is 0.451 e. The zero-order chi connectivity index (χ0) is 16.1. The van der Waals surface area contributed by atoms with Crippen LogP contribution in [0, 0.1) is 20.8 Å². The standard InChI is InChI=1S/C16H17N3O3/c1-10-6-11(2)15(12(3)7-10)19-14(20)9-22-16(21)13-8-17-4-5-18-13/h4-8H,9H2,1-3H3,(H,19,20). The van der Waals surface area contributed by atoms with Crippen LogP contribution in [0.3, 0.4) is 0 Å². The summed E-state index contributed by atoms with van der Waals surface area (Å²) in [5, 5.41) is 2.76. The molecule has 0 saturated heterocycles. The molecule has 1 heterocycles. The van der Waals surface area contributed by atoms with E-state index in [1.54, 1.807) is 0 Å². The van der Waals surface area contributed by atoms with E-state index >= 15 is 0 Å². The van der Waals surface area contributed by atoms with Crippen molar-refractivity contribution in [2.45, 2.75) is 20.8 Å². The number of amides is 1. The fraction of sp³-hybridized carbons (Fsp3) is 0.250. The lowest BCUT2D eigenvalue weighted by Gasteiger charge is -2.12. The molecule has 0 aliphatic rings. The van der Waals surface area contributed by atoms with Crippen molar-refractivity contribution < 1.29 is 14.3 Å². The van der Waals surface area contributed by atoms with Crippen molar-refractivity contribution in [2.24, 2.45) is 0 Å². The third kappa shape index (κ3) is 3.88. The molecule has 2 rings (SSSR count). The summed E-state index contributed by atoms with van der Waals surface area (Å²) in [4.78, 5) is 31.2. The molecule has 0 atom stereocenters. The maximum Gasteiger partial charge on any atom is 0.359 e. The molecule has 2 aromatic rings. The van der Waals surface area contributed by atoms with Gasteiger partial charge in [-0.25, -0.2) is 9.78 Å². The number of carbonyl (C=O) groups is 2. The van der Waals surface area contributed by atoms with E-state index in [2.05, 4.69) is 15.3 Å². The third-order valence-electron chi connectivity index (χ3n) is 3.05. The van der Waals surface area contributed by atoms with Crippen LogP contribution >= 0.6 is 0 Å². The van der Waals surface area contributed by atoms with Gasteiger partial charge in [0.1, 0.15) is 0 Å². The zero-order valence-electron chi connectivity index (χ0n) is 12.7. The second kappa shape index (κ2) is 6.80. The number of anilines is 1. The second-order valence-electron chi connectivity index (χ2n) is 4.99. The summed E-state index contributed by atoms with van der Waals surface area (Å²) in [6, 6.07) is 3.96. The Morgan fingerprint density at radius 1 is 1.14 bits per heavy atom. The number of rotatable bonds is 4. The molecule has 1 amide bonds. The molecule has 22 heavy (non-hydrogen) atoms. The predicted molar refractivity (Wildman–Crippen MR) is 81.6 cm³/mol. The molecule has 6 nitrogen and oxygen atoms in total. The van der Waals surface area contributed by atoms with E-state index in [4.69, 9.17) is 4.74 Å². The Bertz CT molecular complexity index is 676. The molecular formula is C16H17N3O3. The number of benzene rings is 1. The van der Waals surface area contributed by atoms with Crippen molar-refractivity contribution in [1.82, 2.24) is 9.97 Å². The molecular weight excluding hydrogens is 282 g/mol. The molecule has 0 fully saturated rings. The van der Waals surface area contributed by atoms with Crippen LogP contribution in [0.2, 0.25) is 0 Å². The van der Waals surface area contributed by atoms with Crippen molar-refractivity contribution >= 4 is 17.6 Å². The van der Waals surface area contributed by atoms with Crippen molar-refractivity contribution in [3.8, 4) is 0 Å². The van der Waals surface area contributed by atoms with E-state index in [0.29, 0.717) is 0 Å². The number of carbonyl (C=O) groups excluding carboxylic acids is 2. The van der Waals surface area contributed by atoms with Gasteiger partial charge in [0.25, 0.3) is 5.91 Å². The first-order chi connectivity index (χ1) is 10.5. The Morgan fingerprint density at radius 2 is 1.82 bits per heavy atom. The third-order valence-corrected chi connectivity index (χ3v) is 3.05. The van der Waals surface area contributed by atoms with Gasteiger partial charge < -0.3 is 10.1 Å². The van der Waals surface area contributed by atoms with Crippen LogP contribution in [0.1, 0.15) is 27.2 Å². The van der Waals surface area contributed by atoms with Gasteiger partial charge in [-0.1, -0.05) is 17.7 Å². The van der Waals surface area contributed by atoms with Crippen LogP contribution in [0.15, 0.2) is 30.7 Å². The van der Waals surface area contributed by atoms with E-state index in [1.807, 2.05) is 32.9 Å². The molecule has 0 aliphatic carbocycles. The Hall–Kier alpha value is -2.76. The first-order valence-electron chi connectivity index (χ1n) is 6.78. The number of ether oxygens (including phenoxy) is 1. The average molecular weight is 299 g/mol. The number of nitrogens with zero attached hydrogens (tertiary/aromatic N) is 2. The van der Waals surface area contributed by atoms with Crippen molar-refractivity contribution in [3.63, 3.8) is 0 Å². The lowest BCUT2D eigenvalue weighted by atomic mass is 10.1. The molecule has 1 aromatic carbocycles. The average Bonchev–Trinajstić information content (AvgIpc) is 2.49. The van der Waals surface area contributed by atoms with E-state index in [9.17, 15) is 9.59 Å². The molecule has 114 valence electrons. The minimum Gasteiger partial charge on any atom is -0.451 e. The summed E-state index contributed by atoms with van der Waals surface area (Å²) >= 11 is 0. The van der Waals surface area contributed by atoms with Gasteiger partial charge in [-0.2, -0.15) is 0 Å². The number of nitrogens with one attached hydrogen (secondary N) is 1. The molecule has 0 unspecified atom stereocenters. The van der Waals surface area contributed by atoms with Crippen LogP contribution in [0.5, 0.6) is 0 Å². The van der Waals surface area contributed by atoms with Crippen molar-refractivity contribution in [3.05, 3.63) is 53.1 Å². The molecule has 0 saturated carbocycles. The number of hydrogen-bond donors (Lipinski definition) is 1. The van der Waals surface area contributed by atoms with Crippen LogP contribution in [-0.4, -0.2) is 28.5 Å². The maximum absolute atomic E-state index is 11.9. The summed E-state index contributed by atoms with van der Waals surface area (Å²) in [5.74, 6) is -1.08. The van der Waals surface area contributed by atoms with Crippen molar-refractivity contribution in [2.75, 3.05) is 11.9 Å². The van der Waals surface area contributed by atoms with Crippen LogP contribution in [-0.2, 0) is 9.53 Å². The van der Waals surface area contributed by atoms with Gasteiger partial charge in [-0.05, 0) is 31.9 Å².